The van der Waals surface area contributed by atoms with Crippen LogP contribution in [0.2, 0.25) is 0 Å². The molecule has 1 aliphatic rings. The van der Waals surface area contributed by atoms with E-state index in [1.165, 1.54) is 11.3 Å². The molecule has 1 amide bonds. The minimum Gasteiger partial charge on any atom is -0.336 e. The molecule has 1 unspecified atom stereocenters. The maximum absolute atomic E-state index is 12.3. The summed E-state index contributed by atoms with van der Waals surface area (Å²) in [5.74, 6) is 0.144. The van der Waals surface area contributed by atoms with Gasteiger partial charge in [-0.2, -0.15) is 0 Å². The zero-order valence-corrected chi connectivity index (χ0v) is 13.7. The average molecular weight is 382 g/mol. The molecule has 94 valence electrons. The highest BCUT2D eigenvalue weighted by Crippen LogP contribution is 2.33. The number of carbonyl (C=O) groups excluding carboxylic acids is 1. The van der Waals surface area contributed by atoms with E-state index < -0.39 is 0 Å². The van der Waals surface area contributed by atoms with Gasteiger partial charge in [-0.1, -0.05) is 0 Å². The van der Waals surface area contributed by atoms with Gasteiger partial charge in [0.2, 0.25) is 0 Å². The fourth-order valence-corrected chi connectivity index (χ4v) is 3.96. The van der Waals surface area contributed by atoms with Gasteiger partial charge in [-0.15, -0.1) is 11.3 Å². The normalized spacial score (nSPS) is 20.3. The van der Waals surface area contributed by atoms with Crippen molar-refractivity contribution in [2.75, 3.05) is 27.2 Å². The summed E-state index contributed by atoms with van der Waals surface area (Å²) in [6.07, 6.45) is 1.06. The van der Waals surface area contributed by atoms with E-state index in [1.807, 2.05) is 11.0 Å². The number of thiophene rings is 1. The van der Waals surface area contributed by atoms with Gasteiger partial charge in [0.25, 0.3) is 5.91 Å². The van der Waals surface area contributed by atoms with Crippen molar-refractivity contribution < 1.29 is 4.79 Å². The molecule has 1 aromatic heterocycles. The van der Waals surface area contributed by atoms with Crippen molar-refractivity contribution in [1.29, 1.82) is 0 Å². The van der Waals surface area contributed by atoms with E-state index in [-0.39, 0.29) is 5.91 Å². The number of hydrogen-bond donors (Lipinski definition) is 0. The minimum absolute atomic E-state index is 0.144. The Morgan fingerprint density at radius 1 is 1.53 bits per heavy atom. The summed E-state index contributed by atoms with van der Waals surface area (Å²) in [5, 5.41) is 0. The molecular formula is C11H14Br2N2OS. The fraction of sp³-hybridized carbons (Fsp3) is 0.545. The molecule has 1 aromatic rings. The Bertz CT molecular complexity index is 414. The van der Waals surface area contributed by atoms with Crippen LogP contribution in [0.3, 0.4) is 0 Å². The van der Waals surface area contributed by atoms with Gasteiger partial charge >= 0.3 is 0 Å². The molecule has 6 heteroatoms. The predicted molar refractivity (Wildman–Crippen MR) is 77.7 cm³/mol. The number of likely N-dealkylation sites (N-methyl/N-ethyl adjacent to an activating group) is 1. The van der Waals surface area contributed by atoms with Crippen molar-refractivity contribution in [3.8, 4) is 0 Å². The van der Waals surface area contributed by atoms with Crippen molar-refractivity contribution in [3.05, 3.63) is 19.2 Å². The first-order valence-electron chi connectivity index (χ1n) is 5.39. The van der Waals surface area contributed by atoms with Crippen LogP contribution >= 0.6 is 43.2 Å². The second-order valence-corrected chi connectivity index (χ2v) is 7.61. The lowest BCUT2D eigenvalue weighted by Gasteiger charge is -2.19. The molecule has 0 N–H and O–H groups in total. The predicted octanol–water partition coefficient (Wildman–Crippen LogP) is 3.05. The number of nitrogens with zero attached hydrogens (tertiary/aromatic N) is 2. The molecule has 17 heavy (non-hydrogen) atoms. The van der Waals surface area contributed by atoms with Crippen molar-refractivity contribution >= 4 is 49.1 Å². The van der Waals surface area contributed by atoms with E-state index in [1.54, 1.807) is 0 Å². The van der Waals surface area contributed by atoms with Crippen LogP contribution in [0.4, 0.5) is 0 Å². The van der Waals surface area contributed by atoms with Crippen LogP contribution < -0.4 is 0 Å². The number of rotatable bonds is 2. The van der Waals surface area contributed by atoms with Crippen LogP contribution in [-0.2, 0) is 0 Å². The van der Waals surface area contributed by atoms with Crippen LogP contribution in [0.5, 0.6) is 0 Å². The molecule has 1 saturated heterocycles. The molecule has 0 bridgehead atoms. The summed E-state index contributed by atoms with van der Waals surface area (Å²) in [7, 11) is 4.13. The molecular weight excluding hydrogens is 368 g/mol. The molecule has 1 atom stereocenters. The van der Waals surface area contributed by atoms with Gasteiger partial charge in [0.1, 0.15) is 0 Å². The lowest BCUT2D eigenvalue weighted by molar-refractivity contribution is 0.0788. The van der Waals surface area contributed by atoms with E-state index in [4.69, 9.17) is 0 Å². The fourth-order valence-electron chi connectivity index (χ4n) is 1.96. The quantitative estimate of drug-likeness (QED) is 0.785. The van der Waals surface area contributed by atoms with Crippen LogP contribution in [0, 0.1) is 0 Å². The molecule has 3 nitrogen and oxygen atoms in total. The molecule has 0 aliphatic carbocycles. The van der Waals surface area contributed by atoms with Crippen molar-refractivity contribution in [1.82, 2.24) is 9.80 Å². The summed E-state index contributed by atoms with van der Waals surface area (Å²) in [6, 6.07) is 2.38. The monoisotopic (exact) mass is 380 g/mol. The van der Waals surface area contributed by atoms with Crippen LogP contribution in [0.25, 0.3) is 0 Å². The highest BCUT2D eigenvalue weighted by molar-refractivity contribution is 9.13. The number of likely N-dealkylation sites (tertiary alicyclic amines) is 1. The van der Waals surface area contributed by atoms with E-state index in [0.29, 0.717) is 6.04 Å². The van der Waals surface area contributed by atoms with Crippen molar-refractivity contribution in [2.45, 2.75) is 12.5 Å². The highest BCUT2D eigenvalue weighted by atomic mass is 79.9. The Labute approximate surface area is 122 Å². The third-order valence-corrected chi connectivity index (χ3v) is 6.28. The van der Waals surface area contributed by atoms with Crippen LogP contribution in [0.1, 0.15) is 16.1 Å². The molecule has 1 fully saturated rings. The second-order valence-electron chi connectivity index (χ2n) is 4.39. The van der Waals surface area contributed by atoms with Gasteiger partial charge < -0.3 is 9.80 Å². The highest BCUT2D eigenvalue weighted by Gasteiger charge is 2.29. The van der Waals surface area contributed by atoms with E-state index >= 15 is 0 Å². The summed E-state index contributed by atoms with van der Waals surface area (Å²) in [4.78, 5) is 17.2. The Morgan fingerprint density at radius 2 is 2.24 bits per heavy atom. The third-order valence-electron chi connectivity index (χ3n) is 3.04. The first kappa shape index (κ1) is 13.5. The minimum atomic E-state index is 0.144. The topological polar surface area (TPSA) is 23.6 Å². The third kappa shape index (κ3) is 2.92. The maximum Gasteiger partial charge on any atom is 0.264 e. The first-order chi connectivity index (χ1) is 7.99. The molecule has 0 saturated carbocycles. The molecule has 0 radical (unpaired) electrons. The van der Waals surface area contributed by atoms with Gasteiger partial charge in [0, 0.05) is 23.6 Å². The Hall–Kier alpha value is 0.0900. The van der Waals surface area contributed by atoms with Crippen molar-refractivity contribution in [2.24, 2.45) is 0 Å². The standard InChI is InChI=1S/C11H14Br2N2OS/c1-14(2)7-3-4-15(6-7)11(16)9-5-8(12)10(13)17-9/h5,7H,3-4,6H2,1-2H3. The Morgan fingerprint density at radius 3 is 2.71 bits per heavy atom. The zero-order valence-electron chi connectivity index (χ0n) is 9.74. The number of carbonyl (C=O) groups is 1. The van der Waals surface area contributed by atoms with E-state index in [0.717, 1.165) is 32.6 Å². The van der Waals surface area contributed by atoms with Crippen LogP contribution in [-0.4, -0.2) is 48.9 Å². The van der Waals surface area contributed by atoms with Gasteiger partial charge in [-0.05, 0) is 58.4 Å². The Balaban J connectivity index is 2.07. The zero-order chi connectivity index (χ0) is 12.6. The summed E-state index contributed by atoms with van der Waals surface area (Å²) >= 11 is 8.32. The summed E-state index contributed by atoms with van der Waals surface area (Å²) < 4.78 is 1.93. The summed E-state index contributed by atoms with van der Waals surface area (Å²) in [5.41, 5.74) is 0. The molecule has 1 aliphatic heterocycles. The van der Waals surface area contributed by atoms with Gasteiger partial charge in [-0.3, -0.25) is 4.79 Å². The number of amides is 1. The molecule has 2 rings (SSSR count). The van der Waals surface area contributed by atoms with Gasteiger partial charge in [0.05, 0.1) is 8.66 Å². The van der Waals surface area contributed by atoms with Gasteiger partial charge in [0.15, 0.2) is 0 Å². The first-order valence-corrected chi connectivity index (χ1v) is 7.80. The maximum atomic E-state index is 12.3. The van der Waals surface area contributed by atoms with Gasteiger partial charge in [-0.25, -0.2) is 0 Å². The summed E-state index contributed by atoms with van der Waals surface area (Å²) in [6.45, 7) is 1.69. The number of hydrogen-bond acceptors (Lipinski definition) is 3. The van der Waals surface area contributed by atoms with Crippen molar-refractivity contribution in [3.63, 3.8) is 0 Å². The SMILES string of the molecule is CN(C)C1CCN(C(=O)c2cc(Br)c(Br)s2)C1. The Kier molecular flexibility index (Phi) is 4.28. The molecule has 0 spiro atoms. The molecule has 0 aromatic carbocycles. The van der Waals surface area contributed by atoms with E-state index in [2.05, 4.69) is 50.9 Å². The second kappa shape index (κ2) is 5.38. The molecule has 2 heterocycles. The van der Waals surface area contributed by atoms with E-state index in [9.17, 15) is 4.79 Å². The smallest absolute Gasteiger partial charge is 0.264 e. The number of halogens is 2. The largest absolute Gasteiger partial charge is 0.336 e. The lowest BCUT2D eigenvalue weighted by atomic mass is 10.2. The lowest BCUT2D eigenvalue weighted by Crippen LogP contribution is -2.34. The van der Waals surface area contributed by atoms with Crippen LogP contribution in [0.15, 0.2) is 14.3 Å². The average Bonchev–Trinajstić information content (AvgIpc) is 2.86.